The van der Waals surface area contributed by atoms with E-state index < -0.39 is 6.10 Å². The molecule has 84 valence electrons. The number of thiophene rings is 1. The van der Waals surface area contributed by atoms with E-state index in [1.807, 2.05) is 6.07 Å². The van der Waals surface area contributed by atoms with Gasteiger partial charge in [0.25, 0.3) is 0 Å². The maximum absolute atomic E-state index is 10.1. The first-order valence-electron chi connectivity index (χ1n) is 4.91. The molecule has 1 aromatic rings. The Bertz CT molecular complexity index is 334. The summed E-state index contributed by atoms with van der Waals surface area (Å²) < 4.78 is 7.55. The topological polar surface area (TPSA) is 29.5 Å². The first-order chi connectivity index (χ1) is 7.16. The van der Waals surface area contributed by atoms with Crippen molar-refractivity contribution in [3.63, 3.8) is 0 Å². The van der Waals surface area contributed by atoms with Crippen LogP contribution in [0, 0.1) is 0 Å². The minimum Gasteiger partial charge on any atom is -0.388 e. The van der Waals surface area contributed by atoms with Crippen molar-refractivity contribution >= 4 is 43.2 Å². The van der Waals surface area contributed by atoms with E-state index in [0.717, 1.165) is 32.6 Å². The summed E-state index contributed by atoms with van der Waals surface area (Å²) in [6.07, 6.45) is 2.68. The maximum atomic E-state index is 10.1. The van der Waals surface area contributed by atoms with Gasteiger partial charge in [-0.25, -0.2) is 0 Å². The van der Waals surface area contributed by atoms with Gasteiger partial charge in [-0.05, 0) is 50.8 Å². The fraction of sp³-hybridized carbons (Fsp3) is 0.600. The zero-order chi connectivity index (χ0) is 10.8. The average Bonchev–Trinajstić information content (AvgIpc) is 2.75. The molecule has 0 aromatic carbocycles. The summed E-state index contributed by atoms with van der Waals surface area (Å²) in [6, 6.07) is 1.97. The molecule has 2 rings (SSSR count). The highest BCUT2D eigenvalue weighted by atomic mass is 79.9. The Kier molecular flexibility index (Phi) is 4.24. The molecule has 0 spiro atoms. The largest absolute Gasteiger partial charge is 0.388 e. The first-order valence-corrected chi connectivity index (χ1v) is 7.31. The van der Waals surface area contributed by atoms with Crippen LogP contribution in [-0.4, -0.2) is 17.8 Å². The average molecular weight is 356 g/mol. The zero-order valence-corrected chi connectivity index (χ0v) is 12.1. The number of aliphatic hydroxyl groups excluding tert-OH is 1. The van der Waals surface area contributed by atoms with Gasteiger partial charge < -0.3 is 9.84 Å². The van der Waals surface area contributed by atoms with E-state index >= 15 is 0 Å². The third-order valence-corrected chi connectivity index (χ3v) is 4.94. The van der Waals surface area contributed by atoms with Gasteiger partial charge in [-0.15, -0.1) is 11.3 Å². The van der Waals surface area contributed by atoms with Gasteiger partial charge in [0, 0.05) is 18.6 Å². The first kappa shape index (κ1) is 12.0. The third-order valence-electron chi connectivity index (χ3n) is 2.55. The molecule has 0 amide bonds. The molecule has 1 aliphatic rings. The molecule has 1 fully saturated rings. The van der Waals surface area contributed by atoms with Crippen molar-refractivity contribution in [3.05, 3.63) is 19.2 Å². The highest BCUT2D eigenvalue weighted by molar-refractivity contribution is 9.12. The predicted octanol–water partition coefficient (Wildman–Crippen LogP) is 3.88. The number of hydrogen-bond donors (Lipinski definition) is 1. The Morgan fingerprint density at radius 3 is 2.93 bits per heavy atom. The summed E-state index contributed by atoms with van der Waals surface area (Å²) in [5.41, 5.74) is 0.961. The Morgan fingerprint density at radius 2 is 2.40 bits per heavy atom. The van der Waals surface area contributed by atoms with E-state index in [0.29, 0.717) is 6.42 Å². The van der Waals surface area contributed by atoms with Gasteiger partial charge in [-0.2, -0.15) is 0 Å². The SMILES string of the molecule is OC(CC1CCCO1)c1cc(Br)sc1Br. The summed E-state index contributed by atoms with van der Waals surface area (Å²) in [6.45, 7) is 0.839. The molecule has 2 nitrogen and oxygen atoms in total. The van der Waals surface area contributed by atoms with Gasteiger partial charge in [-0.1, -0.05) is 0 Å². The van der Waals surface area contributed by atoms with Crippen molar-refractivity contribution < 1.29 is 9.84 Å². The van der Waals surface area contributed by atoms with E-state index in [-0.39, 0.29) is 6.10 Å². The van der Waals surface area contributed by atoms with Crippen molar-refractivity contribution in [3.8, 4) is 0 Å². The summed E-state index contributed by atoms with van der Waals surface area (Å²) in [4.78, 5) is 0. The van der Waals surface area contributed by atoms with Gasteiger partial charge in [-0.3, -0.25) is 0 Å². The molecule has 2 unspecified atom stereocenters. The van der Waals surface area contributed by atoms with Crippen LogP contribution in [-0.2, 0) is 4.74 Å². The fourth-order valence-electron chi connectivity index (χ4n) is 1.79. The maximum Gasteiger partial charge on any atom is 0.0834 e. The van der Waals surface area contributed by atoms with Crippen LogP contribution in [0.4, 0.5) is 0 Å². The van der Waals surface area contributed by atoms with Crippen LogP contribution in [0.3, 0.4) is 0 Å². The van der Waals surface area contributed by atoms with Gasteiger partial charge in [0.1, 0.15) is 0 Å². The molecule has 5 heteroatoms. The third kappa shape index (κ3) is 3.03. The van der Waals surface area contributed by atoms with Crippen molar-refractivity contribution in [1.82, 2.24) is 0 Å². The lowest BCUT2D eigenvalue weighted by Gasteiger charge is -2.14. The van der Waals surface area contributed by atoms with Crippen molar-refractivity contribution in [2.24, 2.45) is 0 Å². The molecule has 15 heavy (non-hydrogen) atoms. The second kappa shape index (κ2) is 5.27. The molecule has 1 N–H and O–H groups in total. The van der Waals surface area contributed by atoms with Gasteiger partial charge in [0.05, 0.1) is 19.8 Å². The van der Waals surface area contributed by atoms with Crippen LogP contribution in [0.1, 0.15) is 30.9 Å². The quantitative estimate of drug-likeness (QED) is 0.891. The monoisotopic (exact) mass is 354 g/mol. The van der Waals surface area contributed by atoms with E-state index in [2.05, 4.69) is 31.9 Å². The van der Waals surface area contributed by atoms with Crippen LogP contribution in [0.5, 0.6) is 0 Å². The summed E-state index contributed by atoms with van der Waals surface area (Å²) in [7, 11) is 0. The van der Waals surface area contributed by atoms with Crippen LogP contribution in [0.25, 0.3) is 0 Å². The van der Waals surface area contributed by atoms with Gasteiger partial charge in [0.15, 0.2) is 0 Å². The summed E-state index contributed by atoms with van der Waals surface area (Å²) >= 11 is 8.45. The lowest BCUT2D eigenvalue weighted by atomic mass is 10.0. The van der Waals surface area contributed by atoms with Gasteiger partial charge in [0.2, 0.25) is 0 Å². The molecule has 2 heterocycles. The second-order valence-electron chi connectivity index (χ2n) is 3.67. The Hall–Kier alpha value is 0.580. The van der Waals surface area contributed by atoms with Crippen LogP contribution in [0.15, 0.2) is 13.6 Å². The smallest absolute Gasteiger partial charge is 0.0834 e. The normalized spacial score (nSPS) is 23.3. The highest BCUT2D eigenvalue weighted by Crippen LogP contribution is 2.37. The minimum atomic E-state index is -0.426. The number of halogens is 2. The summed E-state index contributed by atoms with van der Waals surface area (Å²) in [5, 5.41) is 10.1. The molecule has 0 radical (unpaired) electrons. The molecule has 1 saturated heterocycles. The molecule has 0 aliphatic carbocycles. The fourth-order valence-corrected chi connectivity index (χ4v) is 4.74. The zero-order valence-electron chi connectivity index (χ0n) is 8.08. The molecule has 1 aromatic heterocycles. The second-order valence-corrected chi connectivity index (χ2v) is 7.42. The van der Waals surface area contributed by atoms with E-state index in [1.54, 1.807) is 11.3 Å². The van der Waals surface area contributed by atoms with E-state index in [9.17, 15) is 5.11 Å². The van der Waals surface area contributed by atoms with Gasteiger partial charge >= 0.3 is 0 Å². The standard InChI is InChI=1S/C10H12Br2O2S/c11-9-5-7(10(12)15-9)8(13)4-6-2-1-3-14-6/h5-6,8,13H,1-4H2. The molecular weight excluding hydrogens is 344 g/mol. The van der Waals surface area contributed by atoms with E-state index in [4.69, 9.17) is 4.74 Å². The van der Waals surface area contributed by atoms with Crippen LogP contribution < -0.4 is 0 Å². The molecule has 0 bridgehead atoms. The lowest BCUT2D eigenvalue weighted by molar-refractivity contribution is 0.0534. The predicted molar refractivity (Wildman–Crippen MR) is 68.3 cm³/mol. The van der Waals surface area contributed by atoms with Crippen LogP contribution in [0.2, 0.25) is 0 Å². The number of aliphatic hydroxyl groups is 1. The number of hydrogen-bond acceptors (Lipinski definition) is 3. The van der Waals surface area contributed by atoms with Crippen LogP contribution >= 0.6 is 43.2 Å². The summed E-state index contributed by atoms with van der Waals surface area (Å²) in [5.74, 6) is 0. The van der Waals surface area contributed by atoms with E-state index in [1.165, 1.54) is 0 Å². The number of rotatable bonds is 3. The molecule has 1 aliphatic heterocycles. The molecule has 0 saturated carbocycles. The Labute approximate surface area is 110 Å². The van der Waals surface area contributed by atoms with Crippen molar-refractivity contribution in [2.45, 2.75) is 31.5 Å². The highest BCUT2D eigenvalue weighted by Gasteiger charge is 2.22. The Morgan fingerprint density at radius 1 is 1.60 bits per heavy atom. The lowest BCUT2D eigenvalue weighted by Crippen LogP contribution is -2.10. The minimum absolute atomic E-state index is 0.227. The molecular formula is C10H12Br2O2S. The van der Waals surface area contributed by atoms with Crippen molar-refractivity contribution in [2.75, 3.05) is 6.61 Å². The van der Waals surface area contributed by atoms with Crippen molar-refractivity contribution in [1.29, 1.82) is 0 Å². The number of ether oxygens (including phenoxy) is 1. The molecule has 2 atom stereocenters. The Balaban J connectivity index is 2.00.